The summed E-state index contributed by atoms with van der Waals surface area (Å²) in [6.07, 6.45) is 3.97. The molecule has 102 valence electrons. The zero-order valence-corrected chi connectivity index (χ0v) is 12.9. The van der Waals surface area contributed by atoms with Gasteiger partial charge >= 0.3 is 5.97 Å². The molecular formula is C14H16BrNO2S. The lowest BCUT2D eigenvalue weighted by Crippen LogP contribution is -2.25. The maximum Gasteiger partial charge on any atom is 0.328 e. The molecule has 1 aromatic rings. The molecule has 0 saturated carbocycles. The molecule has 19 heavy (non-hydrogen) atoms. The summed E-state index contributed by atoms with van der Waals surface area (Å²) in [4.78, 5) is 12.9. The summed E-state index contributed by atoms with van der Waals surface area (Å²) in [5.41, 5.74) is 2.08. The Hall–Kier alpha value is -0.940. The van der Waals surface area contributed by atoms with Crippen molar-refractivity contribution in [2.75, 3.05) is 29.5 Å². The molecule has 1 aliphatic rings. The highest BCUT2D eigenvalue weighted by molar-refractivity contribution is 9.10. The number of carbonyl (C=O) groups is 1. The van der Waals surface area contributed by atoms with E-state index in [9.17, 15) is 4.79 Å². The van der Waals surface area contributed by atoms with Crippen LogP contribution < -0.4 is 4.90 Å². The predicted molar refractivity (Wildman–Crippen MR) is 85.0 cm³/mol. The van der Waals surface area contributed by atoms with Gasteiger partial charge in [-0.15, -0.1) is 0 Å². The van der Waals surface area contributed by atoms with E-state index in [0.29, 0.717) is 0 Å². The first-order chi connectivity index (χ1) is 9.16. The maximum absolute atomic E-state index is 10.5. The standard InChI is InChI=1S/C14H16BrNO2S/c15-12-10-11(3-5-14(17)18)2-4-13(12)16-6-1-8-19-9-7-16/h2-5,10H,1,6-9H2,(H,17,18)/b5-3+. The van der Waals surface area contributed by atoms with Crippen LogP contribution >= 0.6 is 27.7 Å². The number of aliphatic carboxylic acids is 1. The lowest BCUT2D eigenvalue weighted by atomic mass is 10.1. The van der Waals surface area contributed by atoms with Crippen LogP contribution in [0.4, 0.5) is 5.69 Å². The van der Waals surface area contributed by atoms with Gasteiger partial charge in [-0.05, 0) is 51.9 Å². The lowest BCUT2D eigenvalue weighted by molar-refractivity contribution is -0.131. The van der Waals surface area contributed by atoms with Gasteiger partial charge in [0.05, 0.1) is 5.69 Å². The number of hydrogen-bond donors (Lipinski definition) is 1. The van der Waals surface area contributed by atoms with Crippen molar-refractivity contribution < 1.29 is 9.90 Å². The fourth-order valence-corrected chi connectivity index (χ4v) is 3.57. The smallest absolute Gasteiger partial charge is 0.328 e. The van der Waals surface area contributed by atoms with Crippen molar-refractivity contribution in [3.05, 3.63) is 34.3 Å². The largest absolute Gasteiger partial charge is 0.478 e. The molecule has 0 aliphatic carbocycles. The van der Waals surface area contributed by atoms with Crippen LogP contribution in [-0.4, -0.2) is 35.7 Å². The summed E-state index contributed by atoms with van der Waals surface area (Å²) in [6, 6.07) is 5.98. The molecular weight excluding hydrogens is 326 g/mol. The first-order valence-electron chi connectivity index (χ1n) is 6.20. The molecule has 0 aromatic heterocycles. The number of rotatable bonds is 3. The molecule has 0 amide bonds. The van der Waals surface area contributed by atoms with Crippen LogP contribution in [0.1, 0.15) is 12.0 Å². The molecule has 0 atom stereocenters. The molecule has 1 fully saturated rings. The number of halogens is 1. The second kappa shape index (κ2) is 7.01. The van der Waals surface area contributed by atoms with Gasteiger partial charge in [0, 0.05) is 29.4 Å². The van der Waals surface area contributed by atoms with Crippen molar-refractivity contribution in [2.24, 2.45) is 0 Å². The summed E-state index contributed by atoms with van der Waals surface area (Å²) in [6.45, 7) is 2.14. The third-order valence-corrected chi connectivity index (χ3v) is 4.64. The Labute approximate surface area is 125 Å². The van der Waals surface area contributed by atoms with Gasteiger partial charge in [-0.3, -0.25) is 0 Å². The SMILES string of the molecule is O=C(O)/C=C/c1ccc(N2CCCSCC2)c(Br)c1. The van der Waals surface area contributed by atoms with E-state index in [-0.39, 0.29) is 0 Å². The highest BCUT2D eigenvalue weighted by Gasteiger charge is 2.12. The molecule has 1 saturated heterocycles. The average Bonchev–Trinajstić information content (AvgIpc) is 2.65. The van der Waals surface area contributed by atoms with Crippen LogP contribution in [0.15, 0.2) is 28.7 Å². The Morgan fingerprint density at radius 1 is 1.37 bits per heavy atom. The molecule has 1 aliphatic heterocycles. The summed E-state index contributed by atoms with van der Waals surface area (Å²) < 4.78 is 1.02. The number of anilines is 1. The minimum atomic E-state index is -0.926. The van der Waals surface area contributed by atoms with Crippen molar-refractivity contribution in [2.45, 2.75) is 6.42 Å². The van der Waals surface area contributed by atoms with E-state index >= 15 is 0 Å². The molecule has 0 unspecified atom stereocenters. The van der Waals surface area contributed by atoms with Crippen molar-refractivity contribution in [3.63, 3.8) is 0 Å². The molecule has 2 rings (SSSR count). The first-order valence-corrected chi connectivity index (χ1v) is 8.15. The van der Waals surface area contributed by atoms with Crippen LogP contribution in [-0.2, 0) is 4.79 Å². The lowest BCUT2D eigenvalue weighted by Gasteiger charge is -2.23. The molecule has 1 heterocycles. The van der Waals surface area contributed by atoms with E-state index in [1.807, 2.05) is 23.9 Å². The van der Waals surface area contributed by atoms with E-state index < -0.39 is 5.97 Å². The zero-order chi connectivity index (χ0) is 13.7. The van der Waals surface area contributed by atoms with Gasteiger partial charge in [0.15, 0.2) is 0 Å². The van der Waals surface area contributed by atoms with Gasteiger partial charge in [-0.2, -0.15) is 11.8 Å². The quantitative estimate of drug-likeness (QED) is 0.854. The molecule has 3 nitrogen and oxygen atoms in total. The second-order valence-corrected chi connectivity index (χ2v) is 6.41. The van der Waals surface area contributed by atoms with Crippen molar-refractivity contribution in [3.8, 4) is 0 Å². The molecule has 0 spiro atoms. The van der Waals surface area contributed by atoms with Crippen LogP contribution in [0.5, 0.6) is 0 Å². The fraction of sp³-hybridized carbons (Fsp3) is 0.357. The summed E-state index contributed by atoms with van der Waals surface area (Å²) >= 11 is 5.59. The summed E-state index contributed by atoms with van der Waals surface area (Å²) in [5.74, 6) is 1.46. The Morgan fingerprint density at radius 3 is 2.95 bits per heavy atom. The summed E-state index contributed by atoms with van der Waals surface area (Å²) in [5, 5.41) is 8.62. The first kappa shape index (κ1) is 14.5. The predicted octanol–water partition coefficient (Wildman–Crippen LogP) is 3.49. The molecule has 1 aromatic carbocycles. The van der Waals surface area contributed by atoms with Gasteiger partial charge in [0.2, 0.25) is 0 Å². The Balaban J connectivity index is 2.16. The monoisotopic (exact) mass is 341 g/mol. The number of carboxylic acid groups (broad SMARTS) is 1. The van der Waals surface area contributed by atoms with Crippen molar-refractivity contribution >= 4 is 45.4 Å². The van der Waals surface area contributed by atoms with E-state index in [0.717, 1.165) is 35.0 Å². The normalized spacial score (nSPS) is 16.6. The molecule has 5 heteroatoms. The van der Waals surface area contributed by atoms with Crippen LogP contribution in [0, 0.1) is 0 Å². The van der Waals surface area contributed by atoms with Crippen LogP contribution in [0.2, 0.25) is 0 Å². The van der Waals surface area contributed by atoms with Gasteiger partial charge in [-0.25, -0.2) is 4.79 Å². The second-order valence-electron chi connectivity index (χ2n) is 4.34. The van der Waals surface area contributed by atoms with Crippen LogP contribution in [0.25, 0.3) is 6.08 Å². The minimum Gasteiger partial charge on any atom is -0.478 e. The highest BCUT2D eigenvalue weighted by Crippen LogP contribution is 2.29. The maximum atomic E-state index is 10.5. The third-order valence-electron chi connectivity index (χ3n) is 2.95. The molecule has 0 radical (unpaired) electrons. The van der Waals surface area contributed by atoms with E-state index in [4.69, 9.17) is 5.11 Å². The van der Waals surface area contributed by atoms with E-state index in [1.54, 1.807) is 6.08 Å². The van der Waals surface area contributed by atoms with E-state index in [2.05, 4.69) is 26.9 Å². The Kier molecular flexibility index (Phi) is 5.34. The number of hydrogen-bond acceptors (Lipinski definition) is 3. The Morgan fingerprint density at radius 2 is 2.21 bits per heavy atom. The number of benzene rings is 1. The number of nitrogens with zero attached hydrogens (tertiary/aromatic N) is 1. The van der Waals surface area contributed by atoms with Gasteiger partial charge < -0.3 is 10.0 Å². The van der Waals surface area contributed by atoms with E-state index in [1.165, 1.54) is 17.9 Å². The zero-order valence-electron chi connectivity index (χ0n) is 10.5. The fourth-order valence-electron chi connectivity index (χ4n) is 2.04. The third kappa shape index (κ3) is 4.28. The highest BCUT2D eigenvalue weighted by atomic mass is 79.9. The molecule has 0 bridgehead atoms. The topological polar surface area (TPSA) is 40.5 Å². The van der Waals surface area contributed by atoms with Gasteiger partial charge in [-0.1, -0.05) is 6.07 Å². The Bertz CT molecular complexity index is 482. The van der Waals surface area contributed by atoms with Crippen molar-refractivity contribution in [1.29, 1.82) is 0 Å². The number of thioether (sulfide) groups is 1. The van der Waals surface area contributed by atoms with Gasteiger partial charge in [0.25, 0.3) is 0 Å². The van der Waals surface area contributed by atoms with Crippen molar-refractivity contribution in [1.82, 2.24) is 0 Å². The number of carboxylic acids is 1. The average molecular weight is 342 g/mol. The summed E-state index contributed by atoms with van der Waals surface area (Å²) in [7, 11) is 0. The van der Waals surface area contributed by atoms with Crippen LogP contribution in [0.3, 0.4) is 0 Å². The molecule has 1 N–H and O–H groups in total. The van der Waals surface area contributed by atoms with Gasteiger partial charge in [0.1, 0.15) is 0 Å². The minimum absolute atomic E-state index is 0.891.